The van der Waals surface area contributed by atoms with Crippen molar-refractivity contribution in [2.24, 2.45) is 5.73 Å². The average Bonchev–Trinajstić information content (AvgIpc) is 2.93. The van der Waals surface area contributed by atoms with E-state index in [4.69, 9.17) is 5.73 Å². The van der Waals surface area contributed by atoms with E-state index in [-0.39, 0.29) is 6.04 Å². The molecule has 1 saturated heterocycles. The third kappa shape index (κ3) is 1.87. The van der Waals surface area contributed by atoms with Crippen LogP contribution in [0.25, 0.3) is 0 Å². The SMILES string of the molecule is CCN1CCCC1c1nnc2n1CC(N)CC2. The molecule has 1 fully saturated rings. The average molecular weight is 235 g/mol. The number of aryl methyl sites for hydroxylation is 1. The molecule has 0 bridgehead atoms. The molecule has 5 nitrogen and oxygen atoms in total. The molecule has 2 aliphatic rings. The Morgan fingerprint density at radius 3 is 3.06 bits per heavy atom. The Morgan fingerprint density at radius 2 is 2.24 bits per heavy atom. The summed E-state index contributed by atoms with van der Waals surface area (Å²) in [5.41, 5.74) is 6.05. The van der Waals surface area contributed by atoms with E-state index in [0.717, 1.165) is 37.6 Å². The van der Waals surface area contributed by atoms with Crippen LogP contribution in [-0.2, 0) is 13.0 Å². The second-order valence-corrected chi connectivity index (χ2v) is 5.17. The molecule has 0 radical (unpaired) electrons. The van der Waals surface area contributed by atoms with Crippen molar-refractivity contribution in [3.05, 3.63) is 11.6 Å². The van der Waals surface area contributed by atoms with Crippen molar-refractivity contribution in [3.63, 3.8) is 0 Å². The molecule has 2 N–H and O–H groups in total. The maximum Gasteiger partial charge on any atom is 0.150 e. The topological polar surface area (TPSA) is 60.0 Å². The lowest BCUT2D eigenvalue weighted by atomic mass is 10.1. The van der Waals surface area contributed by atoms with E-state index in [1.165, 1.54) is 19.4 Å². The first-order chi connectivity index (χ1) is 8.29. The van der Waals surface area contributed by atoms with E-state index < -0.39 is 0 Å². The zero-order valence-corrected chi connectivity index (χ0v) is 10.5. The molecule has 3 heterocycles. The zero-order valence-electron chi connectivity index (χ0n) is 10.5. The highest BCUT2D eigenvalue weighted by atomic mass is 15.3. The fourth-order valence-electron chi connectivity index (χ4n) is 3.12. The number of rotatable bonds is 2. The van der Waals surface area contributed by atoms with Crippen molar-refractivity contribution in [1.29, 1.82) is 0 Å². The summed E-state index contributed by atoms with van der Waals surface area (Å²) in [6, 6.07) is 0.736. The molecule has 2 aliphatic heterocycles. The number of hydrogen-bond acceptors (Lipinski definition) is 4. The smallest absolute Gasteiger partial charge is 0.150 e. The first-order valence-electron chi connectivity index (χ1n) is 6.71. The molecular formula is C12H21N5. The molecule has 0 saturated carbocycles. The molecule has 3 rings (SSSR count). The van der Waals surface area contributed by atoms with Gasteiger partial charge in [-0.2, -0.15) is 0 Å². The van der Waals surface area contributed by atoms with Gasteiger partial charge in [-0.15, -0.1) is 10.2 Å². The van der Waals surface area contributed by atoms with Crippen LogP contribution in [0.4, 0.5) is 0 Å². The van der Waals surface area contributed by atoms with Crippen molar-refractivity contribution in [1.82, 2.24) is 19.7 Å². The van der Waals surface area contributed by atoms with Gasteiger partial charge in [0.15, 0.2) is 0 Å². The van der Waals surface area contributed by atoms with Gasteiger partial charge in [0.05, 0.1) is 6.04 Å². The Kier molecular flexibility index (Phi) is 2.88. The maximum absolute atomic E-state index is 6.05. The number of fused-ring (bicyclic) bond motifs is 1. The summed E-state index contributed by atoms with van der Waals surface area (Å²) in [5, 5.41) is 8.76. The summed E-state index contributed by atoms with van der Waals surface area (Å²) in [6.07, 6.45) is 4.50. The molecule has 17 heavy (non-hydrogen) atoms. The van der Waals surface area contributed by atoms with Gasteiger partial charge < -0.3 is 10.3 Å². The molecule has 1 aromatic heterocycles. The van der Waals surface area contributed by atoms with Gasteiger partial charge >= 0.3 is 0 Å². The van der Waals surface area contributed by atoms with Gasteiger partial charge in [0, 0.05) is 19.0 Å². The molecular weight excluding hydrogens is 214 g/mol. The summed E-state index contributed by atoms with van der Waals surface area (Å²) < 4.78 is 2.27. The molecule has 2 unspecified atom stereocenters. The first kappa shape index (κ1) is 11.2. The van der Waals surface area contributed by atoms with Crippen molar-refractivity contribution in [3.8, 4) is 0 Å². The predicted molar refractivity (Wildman–Crippen MR) is 65.5 cm³/mol. The fourth-order valence-corrected chi connectivity index (χ4v) is 3.12. The molecule has 0 aliphatic carbocycles. The monoisotopic (exact) mass is 235 g/mol. The molecule has 5 heteroatoms. The fraction of sp³-hybridized carbons (Fsp3) is 0.833. The minimum absolute atomic E-state index is 0.272. The summed E-state index contributed by atoms with van der Waals surface area (Å²) in [4.78, 5) is 2.50. The quantitative estimate of drug-likeness (QED) is 0.820. The van der Waals surface area contributed by atoms with Crippen LogP contribution in [0.5, 0.6) is 0 Å². The molecule has 0 aromatic carbocycles. The van der Waals surface area contributed by atoms with Crippen molar-refractivity contribution < 1.29 is 0 Å². The second kappa shape index (κ2) is 4.38. The standard InChI is InChI=1S/C12H21N5/c1-2-16-7-3-4-10(16)12-15-14-11-6-5-9(13)8-17(11)12/h9-10H,2-8,13H2,1H3. The van der Waals surface area contributed by atoms with Crippen LogP contribution in [0, 0.1) is 0 Å². The van der Waals surface area contributed by atoms with E-state index in [1.54, 1.807) is 0 Å². The van der Waals surface area contributed by atoms with Gasteiger partial charge in [0.2, 0.25) is 0 Å². The molecule has 94 valence electrons. The van der Waals surface area contributed by atoms with E-state index in [2.05, 4.69) is 26.6 Å². The predicted octanol–water partition coefficient (Wildman–Crippen LogP) is 0.708. The third-order valence-electron chi connectivity index (χ3n) is 4.08. The first-order valence-corrected chi connectivity index (χ1v) is 6.71. The van der Waals surface area contributed by atoms with Crippen LogP contribution in [0.2, 0.25) is 0 Å². The third-order valence-corrected chi connectivity index (χ3v) is 4.08. The Bertz CT molecular complexity index is 400. The maximum atomic E-state index is 6.05. The van der Waals surface area contributed by atoms with E-state index in [9.17, 15) is 0 Å². The van der Waals surface area contributed by atoms with Gasteiger partial charge in [-0.3, -0.25) is 4.90 Å². The molecule has 1 aromatic rings. The van der Waals surface area contributed by atoms with E-state index in [0.29, 0.717) is 6.04 Å². The highest BCUT2D eigenvalue weighted by Crippen LogP contribution is 2.31. The van der Waals surface area contributed by atoms with Crippen LogP contribution < -0.4 is 5.73 Å². The number of aromatic nitrogens is 3. The Balaban J connectivity index is 1.90. The zero-order chi connectivity index (χ0) is 11.8. The van der Waals surface area contributed by atoms with E-state index >= 15 is 0 Å². The minimum Gasteiger partial charge on any atom is -0.326 e. The molecule has 0 amide bonds. The van der Waals surface area contributed by atoms with Gasteiger partial charge in [0.25, 0.3) is 0 Å². The summed E-state index contributed by atoms with van der Waals surface area (Å²) in [7, 11) is 0. The molecule has 2 atom stereocenters. The van der Waals surface area contributed by atoms with Gasteiger partial charge in [-0.05, 0) is 32.4 Å². The minimum atomic E-state index is 0.272. The second-order valence-electron chi connectivity index (χ2n) is 5.17. The van der Waals surface area contributed by atoms with Crippen molar-refractivity contribution in [2.45, 2.75) is 51.2 Å². The lowest BCUT2D eigenvalue weighted by Crippen LogP contribution is -2.34. The summed E-state index contributed by atoms with van der Waals surface area (Å²) in [6.45, 7) is 5.40. The van der Waals surface area contributed by atoms with Gasteiger partial charge in [-0.1, -0.05) is 6.92 Å². The normalized spacial score (nSPS) is 29.5. The van der Waals surface area contributed by atoms with Crippen LogP contribution >= 0.6 is 0 Å². The highest BCUT2D eigenvalue weighted by Gasteiger charge is 2.31. The number of likely N-dealkylation sites (tertiary alicyclic amines) is 1. The van der Waals surface area contributed by atoms with Gasteiger partial charge in [0.1, 0.15) is 11.6 Å². The van der Waals surface area contributed by atoms with Crippen LogP contribution in [0.1, 0.15) is 43.9 Å². The Labute approximate surface area is 102 Å². The van der Waals surface area contributed by atoms with Crippen LogP contribution in [0.15, 0.2) is 0 Å². The lowest BCUT2D eigenvalue weighted by Gasteiger charge is -2.26. The Morgan fingerprint density at radius 1 is 1.35 bits per heavy atom. The summed E-state index contributed by atoms with van der Waals surface area (Å²) in [5.74, 6) is 2.28. The summed E-state index contributed by atoms with van der Waals surface area (Å²) >= 11 is 0. The van der Waals surface area contributed by atoms with Crippen LogP contribution in [-0.4, -0.2) is 38.8 Å². The Hall–Kier alpha value is -0.940. The number of nitrogens with zero attached hydrogens (tertiary/aromatic N) is 4. The number of hydrogen-bond donors (Lipinski definition) is 1. The number of nitrogens with two attached hydrogens (primary N) is 1. The van der Waals surface area contributed by atoms with Crippen molar-refractivity contribution in [2.75, 3.05) is 13.1 Å². The molecule has 0 spiro atoms. The highest BCUT2D eigenvalue weighted by molar-refractivity contribution is 5.07. The largest absolute Gasteiger partial charge is 0.326 e. The lowest BCUT2D eigenvalue weighted by molar-refractivity contribution is 0.252. The van der Waals surface area contributed by atoms with Gasteiger partial charge in [-0.25, -0.2) is 0 Å². The van der Waals surface area contributed by atoms with Crippen molar-refractivity contribution >= 4 is 0 Å². The van der Waals surface area contributed by atoms with E-state index in [1.807, 2.05) is 0 Å². The van der Waals surface area contributed by atoms with Crippen LogP contribution in [0.3, 0.4) is 0 Å².